The van der Waals surface area contributed by atoms with Crippen LogP contribution in [0.5, 0.6) is 11.5 Å². The summed E-state index contributed by atoms with van der Waals surface area (Å²) in [6, 6.07) is 16.9. The Bertz CT molecular complexity index is 1590. The van der Waals surface area contributed by atoms with Crippen LogP contribution >= 0.6 is 46.4 Å². The van der Waals surface area contributed by atoms with Crippen molar-refractivity contribution in [1.29, 1.82) is 0 Å². The number of carbonyl (C=O) groups is 2. The highest BCUT2D eigenvalue weighted by Gasteiger charge is 2.34. The van der Waals surface area contributed by atoms with Gasteiger partial charge in [0.05, 0.1) is 31.5 Å². The van der Waals surface area contributed by atoms with Crippen molar-refractivity contribution < 1.29 is 19.8 Å². The van der Waals surface area contributed by atoms with E-state index in [9.17, 15) is 19.8 Å². The molecular weight excluding hydrogens is 646 g/mol. The van der Waals surface area contributed by atoms with Gasteiger partial charge in [-0.1, -0.05) is 98.4 Å². The number of urea groups is 2. The Morgan fingerprint density at radius 3 is 1.30 bits per heavy atom. The first kappa shape index (κ1) is 33.1. The average molecular weight is 676 g/mol. The Labute approximate surface area is 275 Å². The van der Waals surface area contributed by atoms with Crippen molar-refractivity contribution in [2.45, 2.75) is 39.5 Å². The van der Waals surface area contributed by atoms with Gasteiger partial charge in [0.1, 0.15) is 22.9 Å². The van der Waals surface area contributed by atoms with Gasteiger partial charge in [0, 0.05) is 0 Å². The lowest BCUT2D eigenvalue weighted by molar-refractivity contribution is 0.248. The third-order valence-corrected chi connectivity index (χ3v) is 8.40. The van der Waals surface area contributed by atoms with E-state index in [0.29, 0.717) is 0 Å². The molecule has 0 radical (unpaired) electrons. The summed E-state index contributed by atoms with van der Waals surface area (Å²) in [6.45, 7) is 7.79. The average Bonchev–Trinajstić information content (AvgIpc) is 2.97. The van der Waals surface area contributed by atoms with Crippen molar-refractivity contribution in [3.8, 4) is 11.5 Å². The molecule has 0 heterocycles. The van der Waals surface area contributed by atoms with Crippen LogP contribution in [0.25, 0.3) is 0 Å². The van der Waals surface area contributed by atoms with Crippen molar-refractivity contribution >= 4 is 81.2 Å². The third kappa shape index (κ3) is 7.11. The van der Waals surface area contributed by atoms with Crippen LogP contribution in [0.3, 0.4) is 0 Å². The summed E-state index contributed by atoms with van der Waals surface area (Å²) in [4.78, 5) is 28.4. The molecule has 0 aliphatic carbocycles. The molecule has 4 aromatic rings. The summed E-state index contributed by atoms with van der Waals surface area (Å²) in [5.74, 6) is -0.500. The number of nitrogens with one attached hydrogen (secondary N) is 2. The Balaban J connectivity index is 1.94. The molecule has 0 atom stereocenters. The lowest BCUT2D eigenvalue weighted by Gasteiger charge is -2.35. The van der Waals surface area contributed by atoms with Gasteiger partial charge in [-0.25, -0.2) is 9.59 Å². The summed E-state index contributed by atoms with van der Waals surface area (Å²) in [5.41, 5.74) is 1.70. The molecule has 4 rings (SSSR count). The van der Waals surface area contributed by atoms with Crippen LogP contribution in [0.15, 0.2) is 72.8 Å². The Morgan fingerprint density at radius 1 is 0.614 bits per heavy atom. The lowest BCUT2D eigenvalue weighted by Crippen LogP contribution is -2.54. The Kier molecular flexibility index (Phi) is 10.4. The molecule has 0 unspecified atom stereocenters. The molecule has 0 aromatic heterocycles. The lowest BCUT2D eigenvalue weighted by atomic mass is 10.0. The number of amides is 4. The van der Waals surface area contributed by atoms with E-state index in [0.717, 1.165) is 21.1 Å². The highest BCUT2D eigenvalue weighted by atomic mass is 35.5. The predicted molar refractivity (Wildman–Crippen MR) is 180 cm³/mol. The molecule has 0 aliphatic heterocycles. The number of benzene rings is 4. The summed E-state index contributed by atoms with van der Waals surface area (Å²) in [6.07, 6.45) is 0. The Morgan fingerprint density at radius 2 is 0.977 bits per heavy atom. The minimum atomic E-state index is -0.915. The maximum absolute atomic E-state index is 14.2. The first-order valence-corrected chi connectivity index (χ1v) is 15.1. The number of phenols is 2. The van der Waals surface area contributed by atoms with Gasteiger partial charge in [-0.05, 0) is 71.5 Å². The van der Waals surface area contributed by atoms with Crippen LogP contribution in [0, 0.1) is 0 Å². The molecule has 0 spiro atoms. The number of anilines is 4. The second kappa shape index (κ2) is 13.9. The fourth-order valence-corrected chi connectivity index (χ4v) is 5.01. The fourth-order valence-electron chi connectivity index (χ4n) is 4.31. The molecule has 4 N–H and O–H groups in total. The molecule has 4 amide bonds. The van der Waals surface area contributed by atoms with Gasteiger partial charge in [-0.15, -0.1) is 0 Å². The number of rotatable bonds is 6. The number of phenolic OH excluding ortho intramolecular Hbond substituents is 2. The van der Waals surface area contributed by atoms with Gasteiger partial charge < -0.3 is 20.8 Å². The van der Waals surface area contributed by atoms with Crippen LogP contribution in [0.2, 0.25) is 20.1 Å². The largest absolute Gasteiger partial charge is 0.506 e. The van der Waals surface area contributed by atoms with E-state index < -0.39 is 12.1 Å². The van der Waals surface area contributed by atoms with Gasteiger partial charge in [0.25, 0.3) is 0 Å². The minimum absolute atomic E-state index is 0.0551. The topological polar surface area (TPSA) is 105 Å². The highest BCUT2D eigenvalue weighted by molar-refractivity contribution is 6.44. The molecule has 44 heavy (non-hydrogen) atoms. The maximum atomic E-state index is 14.2. The third-order valence-electron chi connectivity index (χ3n) is 6.76. The molecule has 0 saturated heterocycles. The molecule has 12 heteroatoms. The predicted octanol–water partition coefficient (Wildman–Crippen LogP) is 10.7. The SMILES string of the molecule is CC(C)c1ccc(N(C(=O)Nc2cccc(Cl)c2Cl)N(C(=O)Nc2cccc(Cl)c2Cl)c2ccc(C(C)C)cc2O)c(O)c1. The standard InChI is InChI=1S/C32H30Cl4N4O4/c1-17(2)19-11-13-25(27(41)15-19)39(31(43)37-23-9-5-7-21(33)29(23)35)40(26-14-12-20(18(3)4)16-28(26)42)32(44)38-24-10-6-8-22(34)30(24)36/h5-18,41-42H,1-4H3,(H,37,43)(H,38,44). The molecule has 0 saturated carbocycles. The van der Waals surface area contributed by atoms with Crippen molar-refractivity contribution in [1.82, 2.24) is 0 Å². The van der Waals surface area contributed by atoms with E-state index in [1.807, 2.05) is 27.7 Å². The molecule has 4 aromatic carbocycles. The zero-order valence-corrected chi connectivity index (χ0v) is 27.2. The second-order valence-corrected chi connectivity index (χ2v) is 12.1. The summed E-state index contributed by atoms with van der Waals surface area (Å²) < 4.78 is 0. The maximum Gasteiger partial charge on any atom is 0.346 e. The molecule has 0 aliphatic rings. The number of hydrogen-bond acceptors (Lipinski definition) is 4. The van der Waals surface area contributed by atoms with E-state index >= 15 is 0 Å². The van der Waals surface area contributed by atoms with Gasteiger partial charge in [0.2, 0.25) is 0 Å². The number of halogens is 4. The van der Waals surface area contributed by atoms with Crippen LogP contribution in [-0.4, -0.2) is 22.3 Å². The zero-order chi connectivity index (χ0) is 32.3. The van der Waals surface area contributed by atoms with E-state index in [-0.39, 0.29) is 66.2 Å². The first-order valence-electron chi connectivity index (χ1n) is 13.6. The first-order chi connectivity index (χ1) is 20.8. The number of carbonyl (C=O) groups excluding carboxylic acids is 2. The van der Waals surface area contributed by atoms with E-state index in [1.54, 1.807) is 36.4 Å². The van der Waals surface area contributed by atoms with Crippen LogP contribution in [0.1, 0.15) is 50.7 Å². The van der Waals surface area contributed by atoms with E-state index in [2.05, 4.69) is 10.6 Å². The van der Waals surface area contributed by atoms with E-state index in [4.69, 9.17) is 46.4 Å². The van der Waals surface area contributed by atoms with Crippen LogP contribution < -0.4 is 20.7 Å². The summed E-state index contributed by atoms with van der Waals surface area (Å²) in [5, 5.41) is 30.1. The molecule has 0 fully saturated rings. The molecule has 230 valence electrons. The smallest absolute Gasteiger partial charge is 0.346 e. The fraction of sp³-hybridized carbons (Fsp3) is 0.188. The van der Waals surface area contributed by atoms with Crippen molar-refractivity contribution in [3.63, 3.8) is 0 Å². The van der Waals surface area contributed by atoms with Crippen molar-refractivity contribution in [2.24, 2.45) is 0 Å². The number of hydrogen-bond donors (Lipinski definition) is 4. The Hall–Kier alpha value is -3.82. The van der Waals surface area contributed by atoms with E-state index in [1.165, 1.54) is 36.4 Å². The molecular formula is C32H30Cl4N4O4. The highest BCUT2D eigenvalue weighted by Crippen LogP contribution is 2.39. The van der Waals surface area contributed by atoms with Gasteiger partial charge in [-0.2, -0.15) is 10.0 Å². The van der Waals surface area contributed by atoms with Gasteiger partial charge in [0.15, 0.2) is 0 Å². The quantitative estimate of drug-likeness (QED) is 0.153. The number of nitrogens with zero attached hydrogens (tertiary/aromatic N) is 2. The van der Waals surface area contributed by atoms with Crippen LogP contribution in [-0.2, 0) is 0 Å². The molecule has 0 bridgehead atoms. The minimum Gasteiger partial charge on any atom is -0.506 e. The van der Waals surface area contributed by atoms with Gasteiger partial charge >= 0.3 is 12.1 Å². The van der Waals surface area contributed by atoms with Gasteiger partial charge in [-0.3, -0.25) is 0 Å². The summed E-state index contributed by atoms with van der Waals surface area (Å²) >= 11 is 25.1. The zero-order valence-electron chi connectivity index (χ0n) is 24.2. The number of hydrazine groups is 1. The second-order valence-electron chi connectivity index (χ2n) is 10.5. The normalized spacial score (nSPS) is 11.0. The van der Waals surface area contributed by atoms with Crippen molar-refractivity contribution in [3.05, 3.63) is 104 Å². The molecule has 8 nitrogen and oxygen atoms in total. The van der Waals surface area contributed by atoms with Crippen molar-refractivity contribution in [2.75, 3.05) is 20.7 Å². The number of aromatic hydroxyl groups is 2. The van der Waals surface area contributed by atoms with Crippen LogP contribution in [0.4, 0.5) is 32.3 Å². The monoisotopic (exact) mass is 674 g/mol. The summed E-state index contributed by atoms with van der Waals surface area (Å²) in [7, 11) is 0.